The molecule has 15 heteroatoms. The van der Waals surface area contributed by atoms with E-state index in [4.69, 9.17) is 14.2 Å². The molecule has 5 unspecified atom stereocenters. The lowest BCUT2D eigenvalue weighted by molar-refractivity contribution is -0.838. The normalized spacial score (nSPS) is 21.2. The maximum atomic E-state index is 14.1. The second-order valence-electron chi connectivity index (χ2n) is 13.1. The van der Waals surface area contributed by atoms with Crippen molar-refractivity contribution in [3.05, 3.63) is 59.3 Å². The van der Waals surface area contributed by atoms with Gasteiger partial charge in [0.25, 0.3) is 0 Å². The molecule has 13 nitrogen and oxygen atoms in total. The number of quaternary nitrogens is 1. The van der Waals surface area contributed by atoms with Crippen LogP contribution in [-0.4, -0.2) is 112 Å². The SMILES string of the molecule is CC(C)CN(CC(O)C(Cc1ccccc1)NC(=O)OC1COC2OCCC12)S(=O)(=O)c1ccc2nc(NCC[N+](C)(C)[O-])sc2c1. The Kier molecular flexibility index (Phi) is 11.4. The predicted octanol–water partition coefficient (Wildman–Crippen LogP) is 3.39. The Morgan fingerprint density at radius 3 is 2.68 bits per heavy atom. The zero-order valence-electron chi connectivity index (χ0n) is 27.2. The summed E-state index contributed by atoms with van der Waals surface area (Å²) in [5.41, 5.74) is 1.50. The number of nitrogens with one attached hydrogen (secondary N) is 2. The first-order chi connectivity index (χ1) is 22.3. The molecular weight excluding hydrogens is 647 g/mol. The van der Waals surface area contributed by atoms with Crippen LogP contribution in [0, 0.1) is 17.0 Å². The Labute approximate surface area is 280 Å². The number of aliphatic hydroxyl groups is 1. The average Bonchev–Trinajstić information content (AvgIpc) is 3.73. The van der Waals surface area contributed by atoms with Crippen LogP contribution < -0.4 is 10.6 Å². The molecule has 2 aliphatic heterocycles. The van der Waals surface area contributed by atoms with Gasteiger partial charge in [0.05, 0.1) is 73.6 Å². The van der Waals surface area contributed by atoms with Crippen molar-refractivity contribution >= 4 is 42.8 Å². The molecular formula is C32H45N5O8S2. The van der Waals surface area contributed by atoms with Crippen LogP contribution >= 0.6 is 11.3 Å². The number of likely N-dealkylation sites (N-methyl/N-ethyl adjacent to an activating group) is 1. The van der Waals surface area contributed by atoms with E-state index in [1.807, 2.05) is 44.2 Å². The Bertz CT molecular complexity index is 1600. The molecule has 3 heterocycles. The summed E-state index contributed by atoms with van der Waals surface area (Å²) in [6.07, 6.45) is -1.83. The number of hydrogen-bond donors (Lipinski definition) is 3. The fourth-order valence-corrected chi connectivity index (χ4v) is 8.41. The molecule has 5 atom stereocenters. The average molecular weight is 692 g/mol. The van der Waals surface area contributed by atoms with Crippen LogP contribution in [0.1, 0.15) is 25.8 Å². The van der Waals surface area contributed by atoms with Crippen LogP contribution in [0.2, 0.25) is 0 Å². The lowest BCUT2D eigenvalue weighted by Gasteiger charge is -2.33. The Balaban J connectivity index is 1.32. The minimum atomic E-state index is -4.06. The van der Waals surface area contributed by atoms with E-state index in [0.717, 1.165) is 12.0 Å². The first kappa shape index (κ1) is 35.4. The van der Waals surface area contributed by atoms with Crippen molar-refractivity contribution in [3.63, 3.8) is 0 Å². The van der Waals surface area contributed by atoms with Gasteiger partial charge in [0.1, 0.15) is 6.10 Å². The number of amides is 1. The standard InChI is InChI=1S/C32H45N5O8S2/c1-21(2)18-36(47(41,42)23-10-11-25-29(17-23)46-31(34-25)33-13-14-37(3,4)40)19-27(38)26(16-22-8-6-5-7-9-22)35-32(39)45-28-20-44-30-24(28)12-15-43-30/h5-11,17,21,24,26-28,30,38H,12-16,18-20H2,1-4H3,(H,33,34)(H,35,39). The van der Waals surface area contributed by atoms with Crippen molar-refractivity contribution in [2.45, 2.75) is 56.1 Å². The van der Waals surface area contributed by atoms with Crippen molar-refractivity contribution in [2.24, 2.45) is 11.8 Å². The highest BCUT2D eigenvalue weighted by atomic mass is 32.2. The number of thiazole rings is 1. The summed E-state index contributed by atoms with van der Waals surface area (Å²) in [5.74, 6) is -0.0880. The van der Waals surface area contributed by atoms with Gasteiger partial charge in [-0.05, 0) is 42.5 Å². The summed E-state index contributed by atoms with van der Waals surface area (Å²) in [7, 11) is -0.932. The topological polar surface area (TPSA) is 162 Å². The summed E-state index contributed by atoms with van der Waals surface area (Å²) in [6, 6.07) is 13.3. The van der Waals surface area contributed by atoms with Gasteiger partial charge in [0, 0.05) is 13.1 Å². The molecule has 5 rings (SSSR count). The number of rotatable bonds is 15. The summed E-state index contributed by atoms with van der Waals surface area (Å²) in [6.45, 7) is 5.27. The summed E-state index contributed by atoms with van der Waals surface area (Å²) < 4.78 is 46.5. The number of hydroxylamine groups is 3. The van der Waals surface area contributed by atoms with Crippen molar-refractivity contribution in [1.82, 2.24) is 14.6 Å². The van der Waals surface area contributed by atoms with E-state index in [-0.39, 0.29) is 49.1 Å². The monoisotopic (exact) mass is 691 g/mol. The quantitative estimate of drug-likeness (QED) is 0.159. The lowest BCUT2D eigenvalue weighted by Crippen LogP contribution is -2.51. The molecule has 1 aromatic heterocycles. The van der Waals surface area contributed by atoms with Gasteiger partial charge in [-0.25, -0.2) is 18.2 Å². The lowest BCUT2D eigenvalue weighted by atomic mass is 10.0. The van der Waals surface area contributed by atoms with E-state index in [2.05, 4.69) is 15.6 Å². The highest BCUT2D eigenvalue weighted by Gasteiger charge is 2.44. The van der Waals surface area contributed by atoms with Crippen molar-refractivity contribution in [1.29, 1.82) is 0 Å². The molecule has 2 saturated heterocycles. The molecule has 1 amide bonds. The molecule has 47 heavy (non-hydrogen) atoms. The first-order valence-electron chi connectivity index (χ1n) is 15.9. The molecule has 3 N–H and O–H groups in total. The fraction of sp³-hybridized carbons (Fsp3) is 0.562. The molecule has 2 aromatic carbocycles. The number of hydrogen-bond acceptors (Lipinski definition) is 11. The third-order valence-electron chi connectivity index (χ3n) is 8.19. The van der Waals surface area contributed by atoms with Gasteiger partial charge >= 0.3 is 6.09 Å². The third kappa shape index (κ3) is 9.38. The van der Waals surface area contributed by atoms with Crippen molar-refractivity contribution < 1.29 is 37.2 Å². The van der Waals surface area contributed by atoms with Gasteiger partial charge in [0.2, 0.25) is 10.0 Å². The predicted molar refractivity (Wildman–Crippen MR) is 179 cm³/mol. The Hall–Kier alpha value is -2.89. The number of anilines is 1. The van der Waals surface area contributed by atoms with Crippen molar-refractivity contribution in [3.8, 4) is 0 Å². The zero-order chi connectivity index (χ0) is 33.8. The van der Waals surface area contributed by atoms with Gasteiger partial charge in [-0.15, -0.1) is 0 Å². The number of aliphatic hydroxyl groups excluding tert-OH is 1. The van der Waals surface area contributed by atoms with E-state index >= 15 is 0 Å². The van der Waals surface area contributed by atoms with Gasteiger partial charge in [-0.2, -0.15) is 4.31 Å². The maximum absolute atomic E-state index is 14.1. The second-order valence-corrected chi connectivity index (χ2v) is 16.0. The number of carbonyl (C=O) groups is 1. The van der Waals surface area contributed by atoms with Gasteiger partial charge in [-0.1, -0.05) is 55.5 Å². The first-order valence-corrected chi connectivity index (χ1v) is 18.1. The number of benzene rings is 2. The number of nitrogens with zero attached hydrogens (tertiary/aromatic N) is 3. The number of sulfonamides is 1. The summed E-state index contributed by atoms with van der Waals surface area (Å²) in [5, 5.41) is 30.0. The molecule has 0 bridgehead atoms. The minimum absolute atomic E-state index is 0.0435. The Morgan fingerprint density at radius 2 is 1.96 bits per heavy atom. The number of alkyl carbamates (subject to hydrolysis) is 1. The molecule has 258 valence electrons. The van der Waals surface area contributed by atoms with E-state index in [1.54, 1.807) is 26.2 Å². The third-order valence-corrected chi connectivity index (χ3v) is 11.0. The smallest absolute Gasteiger partial charge is 0.407 e. The minimum Gasteiger partial charge on any atom is -0.633 e. The van der Waals surface area contributed by atoms with Crippen LogP contribution in [0.5, 0.6) is 0 Å². The van der Waals surface area contributed by atoms with Crippen molar-refractivity contribution in [2.75, 3.05) is 58.8 Å². The van der Waals surface area contributed by atoms with Gasteiger partial charge < -0.3 is 39.8 Å². The van der Waals surface area contributed by atoms with Gasteiger partial charge in [-0.3, -0.25) is 0 Å². The van der Waals surface area contributed by atoms with Crippen LogP contribution in [0.25, 0.3) is 10.2 Å². The highest BCUT2D eigenvalue weighted by molar-refractivity contribution is 7.89. The maximum Gasteiger partial charge on any atom is 0.407 e. The molecule has 0 radical (unpaired) electrons. The summed E-state index contributed by atoms with van der Waals surface area (Å²) in [4.78, 5) is 17.7. The van der Waals surface area contributed by atoms with Crippen LogP contribution in [0.3, 0.4) is 0 Å². The van der Waals surface area contributed by atoms with E-state index in [1.165, 1.54) is 21.7 Å². The fourth-order valence-electron chi connectivity index (χ4n) is 5.76. The van der Waals surface area contributed by atoms with Crippen LogP contribution in [0.15, 0.2) is 53.4 Å². The molecule has 2 aliphatic rings. The molecule has 0 spiro atoms. The molecule has 0 aliphatic carbocycles. The molecule has 0 saturated carbocycles. The number of fused-ring (bicyclic) bond motifs is 2. The molecule has 2 fully saturated rings. The summed E-state index contributed by atoms with van der Waals surface area (Å²) >= 11 is 1.31. The Morgan fingerprint density at radius 1 is 1.19 bits per heavy atom. The van der Waals surface area contributed by atoms with E-state index < -0.39 is 39.0 Å². The highest BCUT2D eigenvalue weighted by Crippen LogP contribution is 2.33. The van der Waals surface area contributed by atoms with E-state index in [9.17, 15) is 23.5 Å². The van der Waals surface area contributed by atoms with Crippen LogP contribution in [-0.2, 0) is 30.7 Å². The number of ether oxygens (including phenoxy) is 3. The number of carbonyl (C=O) groups excluding carboxylic acids is 1. The van der Waals surface area contributed by atoms with E-state index in [0.29, 0.717) is 35.0 Å². The molecule has 3 aromatic rings. The second kappa shape index (κ2) is 15.1. The zero-order valence-corrected chi connectivity index (χ0v) is 28.8. The van der Waals surface area contributed by atoms with Crippen LogP contribution in [0.4, 0.5) is 9.93 Å². The largest absolute Gasteiger partial charge is 0.633 e. The van der Waals surface area contributed by atoms with Gasteiger partial charge in [0.15, 0.2) is 11.4 Å². The number of aromatic nitrogens is 1.